The SMILES string of the molecule is CC(C)(C)C1CN(c2cccc(F)c2C(=O)O)C1. The van der Waals surface area contributed by atoms with Crippen molar-refractivity contribution in [2.24, 2.45) is 11.3 Å². The van der Waals surface area contributed by atoms with E-state index in [2.05, 4.69) is 20.8 Å². The Balaban J connectivity index is 2.22. The average molecular weight is 251 g/mol. The number of carboxylic acids is 1. The molecule has 0 amide bonds. The van der Waals surface area contributed by atoms with Crippen LogP contribution in [0.5, 0.6) is 0 Å². The predicted molar refractivity (Wildman–Crippen MR) is 68.5 cm³/mol. The summed E-state index contributed by atoms with van der Waals surface area (Å²) in [6.07, 6.45) is 0. The fourth-order valence-electron chi connectivity index (χ4n) is 2.21. The number of aromatic carboxylic acids is 1. The van der Waals surface area contributed by atoms with Crippen LogP contribution in [0.4, 0.5) is 10.1 Å². The molecule has 0 atom stereocenters. The van der Waals surface area contributed by atoms with Crippen LogP contribution in [0.3, 0.4) is 0 Å². The number of nitrogens with zero attached hydrogens (tertiary/aromatic N) is 1. The van der Waals surface area contributed by atoms with E-state index < -0.39 is 11.8 Å². The zero-order valence-electron chi connectivity index (χ0n) is 10.9. The van der Waals surface area contributed by atoms with Crippen LogP contribution < -0.4 is 4.90 Å². The highest BCUT2D eigenvalue weighted by Gasteiger charge is 2.37. The first kappa shape index (κ1) is 12.9. The summed E-state index contributed by atoms with van der Waals surface area (Å²) >= 11 is 0. The van der Waals surface area contributed by atoms with E-state index in [1.165, 1.54) is 6.07 Å². The topological polar surface area (TPSA) is 40.5 Å². The fourth-order valence-corrected chi connectivity index (χ4v) is 2.21. The van der Waals surface area contributed by atoms with Gasteiger partial charge in [0.15, 0.2) is 0 Å². The van der Waals surface area contributed by atoms with Crippen LogP contribution in [0.2, 0.25) is 0 Å². The van der Waals surface area contributed by atoms with E-state index in [1.807, 2.05) is 4.90 Å². The molecule has 0 unspecified atom stereocenters. The second-order valence-corrected chi connectivity index (χ2v) is 5.91. The molecule has 1 aromatic carbocycles. The number of hydrogen-bond acceptors (Lipinski definition) is 2. The molecule has 0 saturated carbocycles. The Kier molecular flexibility index (Phi) is 3.05. The molecule has 2 rings (SSSR count). The molecule has 1 aromatic rings. The molecular weight excluding hydrogens is 233 g/mol. The van der Waals surface area contributed by atoms with Gasteiger partial charge in [-0.1, -0.05) is 26.8 Å². The molecule has 1 N–H and O–H groups in total. The Morgan fingerprint density at radius 3 is 2.50 bits per heavy atom. The maximum absolute atomic E-state index is 13.5. The third kappa shape index (κ3) is 2.19. The second kappa shape index (κ2) is 4.26. The third-order valence-corrected chi connectivity index (χ3v) is 3.65. The van der Waals surface area contributed by atoms with Gasteiger partial charge in [0.05, 0.1) is 5.69 Å². The molecule has 1 aliphatic rings. The van der Waals surface area contributed by atoms with Crippen molar-refractivity contribution in [3.8, 4) is 0 Å². The Hall–Kier alpha value is -1.58. The van der Waals surface area contributed by atoms with Crippen LogP contribution in [-0.2, 0) is 0 Å². The molecule has 4 heteroatoms. The highest BCUT2D eigenvalue weighted by Crippen LogP contribution is 2.37. The van der Waals surface area contributed by atoms with Crippen LogP contribution in [-0.4, -0.2) is 24.2 Å². The van der Waals surface area contributed by atoms with Crippen molar-refractivity contribution in [3.05, 3.63) is 29.6 Å². The Morgan fingerprint density at radius 1 is 1.39 bits per heavy atom. The van der Waals surface area contributed by atoms with Crippen molar-refractivity contribution < 1.29 is 14.3 Å². The zero-order chi connectivity index (χ0) is 13.5. The van der Waals surface area contributed by atoms with Gasteiger partial charge in [-0.25, -0.2) is 9.18 Å². The molecule has 0 aromatic heterocycles. The number of benzene rings is 1. The molecule has 98 valence electrons. The summed E-state index contributed by atoms with van der Waals surface area (Å²) in [6.45, 7) is 8.07. The minimum absolute atomic E-state index is 0.202. The van der Waals surface area contributed by atoms with E-state index in [1.54, 1.807) is 12.1 Å². The molecular formula is C14H18FNO2. The Morgan fingerprint density at radius 2 is 2.00 bits per heavy atom. The van der Waals surface area contributed by atoms with Crippen molar-refractivity contribution in [2.45, 2.75) is 20.8 Å². The van der Waals surface area contributed by atoms with E-state index in [0.29, 0.717) is 11.6 Å². The van der Waals surface area contributed by atoms with Crippen molar-refractivity contribution in [1.29, 1.82) is 0 Å². The maximum Gasteiger partial charge on any atom is 0.340 e. The number of hydrogen-bond donors (Lipinski definition) is 1. The molecule has 1 aliphatic heterocycles. The lowest BCUT2D eigenvalue weighted by atomic mass is 9.75. The summed E-state index contributed by atoms with van der Waals surface area (Å²) < 4.78 is 13.5. The van der Waals surface area contributed by atoms with Crippen molar-refractivity contribution >= 4 is 11.7 Å². The maximum atomic E-state index is 13.5. The lowest BCUT2D eigenvalue weighted by Crippen LogP contribution is -2.52. The van der Waals surface area contributed by atoms with Gasteiger partial charge >= 0.3 is 5.97 Å². The molecule has 1 fully saturated rings. The van der Waals surface area contributed by atoms with Gasteiger partial charge in [0.1, 0.15) is 11.4 Å². The number of halogens is 1. The first-order valence-corrected chi connectivity index (χ1v) is 6.07. The average Bonchev–Trinajstić information content (AvgIpc) is 2.11. The van der Waals surface area contributed by atoms with Crippen LogP contribution >= 0.6 is 0 Å². The Bertz CT molecular complexity index is 473. The molecule has 3 nitrogen and oxygen atoms in total. The third-order valence-electron chi connectivity index (χ3n) is 3.65. The molecule has 1 saturated heterocycles. The van der Waals surface area contributed by atoms with Gasteiger partial charge in [-0.2, -0.15) is 0 Å². The highest BCUT2D eigenvalue weighted by molar-refractivity contribution is 5.95. The minimum atomic E-state index is -1.21. The molecule has 0 bridgehead atoms. The lowest BCUT2D eigenvalue weighted by molar-refractivity contribution is 0.0692. The van der Waals surface area contributed by atoms with Crippen molar-refractivity contribution in [2.75, 3.05) is 18.0 Å². The van der Waals surface area contributed by atoms with Gasteiger partial charge in [0.25, 0.3) is 0 Å². The van der Waals surface area contributed by atoms with Gasteiger partial charge in [-0.3, -0.25) is 0 Å². The molecule has 0 spiro atoms. The summed E-state index contributed by atoms with van der Waals surface area (Å²) in [4.78, 5) is 13.0. The predicted octanol–water partition coefficient (Wildman–Crippen LogP) is 3.01. The van der Waals surface area contributed by atoms with Gasteiger partial charge in [-0.15, -0.1) is 0 Å². The standard InChI is InChI=1S/C14H18FNO2/c1-14(2,3)9-7-16(8-9)11-6-4-5-10(15)12(11)13(17)18/h4-6,9H,7-8H2,1-3H3,(H,17,18). The van der Waals surface area contributed by atoms with Crippen LogP contribution in [0.25, 0.3) is 0 Å². The number of carboxylic acid groups (broad SMARTS) is 1. The van der Waals surface area contributed by atoms with Gasteiger partial charge in [0, 0.05) is 13.1 Å². The van der Waals surface area contributed by atoms with E-state index in [9.17, 15) is 9.18 Å². The zero-order valence-corrected chi connectivity index (χ0v) is 10.9. The largest absolute Gasteiger partial charge is 0.478 e. The van der Waals surface area contributed by atoms with E-state index in [4.69, 9.17) is 5.11 Å². The van der Waals surface area contributed by atoms with E-state index in [-0.39, 0.29) is 11.0 Å². The molecule has 18 heavy (non-hydrogen) atoms. The first-order valence-electron chi connectivity index (χ1n) is 6.07. The number of rotatable bonds is 2. The number of anilines is 1. The Labute approximate surface area is 106 Å². The van der Waals surface area contributed by atoms with Gasteiger partial charge in [0.2, 0.25) is 0 Å². The van der Waals surface area contributed by atoms with Crippen molar-refractivity contribution in [1.82, 2.24) is 0 Å². The van der Waals surface area contributed by atoms with Crippen LogP contribution in [0.1, 0.15) is 31.1 Å². The smallest absolute Gasteiger partial charge is 0.340 e. The van der Waals surface area contributed by atoms with E-state index in [0.717, 1.165) is 13.1 Å². The molecule has 1 heterocycles. The van der Waals surface area contributed by atoms with Gasteiger partial charge < -0.3 is 10.0 Å². The summed E-state index contributed by atoms with van der Waals surface area (Å²) in [6, 6.07) is 4.42. The molecule has 0 aliphatic carbocycles. The van der Waals surface area contributed by atoms with Gasteiger partial charge in [-0.05, 0) is 23.5 Å². The molecule has 0 radical (unpaired) electrons. The minimum Gasteiger partial charge on any atom is -0.478 e. The normalized spacial score (nSPS) is 16.6. The summed E-state index contributed by atoms with van der Waals surface area (Å²) in [5.41, 5.74) is 0.473. The van der Waals surface area contributed by atoms with Crippen molar-refractivity contribution in [3.63, 3.8) is 0 Å². The summed E-state index contributed by atoms with van der Waals surface area (Å²) in [5.74, 6) is -1.36. The monoisotopic (exact) mass is 251 g/mol. The fraction of sp³-hybridized carbons (Fsp3) is 0.500. The van der Waals surface area contributed by atoms with E-state index >= 15 is 0 Å². The van der Waals surface area contributed by atoms with Crippen LogP contribution in [0, 0.1) is 17.2 Å². The second-order valence-electron chi connectivity index (χ2n) is 5.91. The number of carbonyl (C=O) groups is 1. The van der Waals surface area contributed by atoms with Crippen LogP contribution in [0.15, 0.2) is 18.2 Å². The lowest BCUT2D eigenvalue weighted by Gasteiger charge is -2.48. The summed E-state index contributed by atoms with van der Waals surface area (Å²) in [5, 5.41) is 9.07. The highest BCUT2D eigenvalue weighted by atomic mass is 19.1. The quantitative estimate of drug-likeness (QED) is 0.878. The first-order chi connectivity index (χ1) is 8.30. The summed E-state index contributed by atoms with van der Waals surface area (Å²) in [7, 11) is 0.